The summed E-state index contributed by atoms with van der Waals surface area (Å²) in [5, 5.41) is 2.61. The van der Waals surface area contributed by atoms with Crippen molar-refractivity contribution in [3.05, 3.63) is 91.0 Å². The van der Waals surface area contributed by atoms with E-state index in [1.54, 1.807) is 8.88 Å². The largest absolute Gasteiger partial charge is 0.283 e. The topological polar surface area (TPSA) is 23.6 Å². The Morgan fingerprint density at radius 1 is 0.643 bits per heavy atom. The standard InChI is InChI=1S/C20H21Cl2N2OP3/c1-23(26(21)18-12-6-3-7-13-18)28(25,20-16-10-5-11-17-20)24(2)27(22)19-14-8-4-9-15-19/h3-17H,1-2H3. The highest BCUT2D eigenvalue weighted by Gasteiger charge is 2.42. The summed E-state index contributed by atoms with van der Waals surface area (Å²) in [4.78, 5) is 0. The van der Waals surface area contributed by atoms with Crippen molar-refractivity contribution in [2.75, 3.05) is 14.1 Å². The summed E-state index contributed by atoms with van der Waals surface area (Å²) in [6.45, 7) is 0. The van der Waals surface area contributed by atoms with Crippen LogP contribution < -0.4 is 15.9 Å². The molecule has 0 saturated carbocycles. The van der Waals surface area contributed by atoms with E-state index >= 15 is 0 Å². The van der Waals surface area contributed by atoms with Gasteiger partial charge in [-0.3, -0.25) is 4.57 Å². The summed E-state index contributed by atoms with van der Waals surface area (Å²) in [7, 11) is -2.24. The lowest BCUT2D eigenvalue weighted by atomic mass is 10.4. The summed E-state index contributed by atoms with van der Waals surface area (Å²) in [6.07, 6.45) is 0. The van der Waals surface area contributed by atoms with Gasteiger partial charge in [-0.1, -0.05) is 101 Å². The third-order valence-corrected chi connectivity index (χ3v) is 15.0. The van der Waals surface area contributed by atoms with E-state index in [1.165, 1.54) is 0 Å². The normalized spacial score (nSPS) is 15.9. The van der Waals surface area contributed by atoms with Gasteiger partial charge in [0.25, 0.3) is 7.44 Å². The minimum atomic E-state index is -3.24. The second kappa shape index (κ2) is 9.84. The summed E-state index contributed by atoms with van der Waals surface area (Å²) in [5.74, 6) is 0. The van der Waals surface area contributed by atoms with Gasteiger partial charge in [-0.05, 0) is 12.1 Å². The quantitative estimate of drug-likeness (QED) is 0.390. The molecule has 0 N–H and O–H groups in total. The first-order valence-electron chi connectivity index (χ1n) is 8.62. The molecule has 8 heteroatoms. The Kier molecular flexibility index (Phi) is 7.71. The van der Waals surface area contributed by atoms with Crippen molar-refractivity contribution in [3.63, 3.8) is 0 Å². The van der Waals surface area contributed by atoms with Gasteiger partial charge in [-0.15, -0.1) is 0 Å². The lowest BCUT2D eigenvalue weighted by Gasteiger charge is -2.39. The number of benzene rings is 3. The van der Waals surface area contributed by atoms with Gasteiger partial charge in [0.1, 0.15) is 14.9 Å². The minimum absolute atomic E-state index is 0.716. The maximum absolute atomic E-state index is 14.6. The van der Waals surface area contributed by atoms with Crippen molar-refractivity contribution in [3.8, 4) is 0 Å². The molecule has 3 aromatic carbocycles. The van der Waals surface area contributed by atoms with Crippen LogP contribution >= 0.6 is 44.8 Å². The molecule has 0 aliphatic carbocycles. The van der Waals surface area contributed by atoms with Crippen LogP contribution in [0.15, 0.2) is 91.0 Å². The van der Waals surface area contributed by atoms with E-state index in [9.17, 15) is 4.57 Å². The van der Waals surface area contributed by atoms with Gasteiger partial charge in [0.15, 0.2) is 0 Å². The zero-order valence-corrected chi connectivity index (χ0v) is 19.8. The molecule has 2 unspecified atom stereocenters. The van der Waals surface area contributed by atoms with Crippen molar-refractivity contribution in [2.24, 2.45) is 0 Å². The average molecular weight is 469 g/mol. The molecule has 3 nitrogen and oxygen atoms in total. The Hall–Kier alpha value is -0.750. The smallest absolute Gasteiger partial charge is 0.254 e. The third kappa shape index (κ3) is 4.53. The van der Waals surface area contributed by atoms with Crippen LogP contribution in [-0.4, -0.2) is 23.0 Å². The maximum Gasteiger partial charge on any atom is 0.254 e. The molecule has 28 heavy (non-hydrogen) atoms. The molecule has 0 saturated heterocycles. The zero-order chi connectivity index (χ0) is 20.1. The van der Waals surface area contributed by atoms with Gasteiger partial charge in [-0.25, -0.2) is 8.88 Å². The van der Waals surface area contributed by atoms with Crippen molar-refractivity contribution >= 4 is 60.7 Å². The predicted octanol–water partition coefficient (Wildman–Crippen LogP) is 6.12. The summed E-state index contributed by atoms with van der Waals surface area (Å²) >= 11 is 13.7. The number of nitrogens with zero attached hydrogens (tertiary/aromatic N) is 2. The molecule has 0 radical (unpaired) electrons. The van der Waals surface area contributed by atoms with Crippen LogP contribution in [0.4, 0.5) is 0 Å². The minimum Gasteiger partial charge on any atom is -0.283 e. The van der Waals surface area contributed by atoms with Gasteiger partial charge in [-0.2, -0.15) is 0 Å². The van der Waals surface area contributed by atoms with Crippen molar-refractivity contribution in [1.29, 1.82) is 0 Å². The van der Waals surface area contributed by atoms with E-state index in [4.69, 9.17) is 22.5 Å². The second-order valence-corrected chi connectivity index (χ2v) is 14.7. The Labute approximate surface area is 179 Å². The highest BCUT2D eigenvalue weighted by atomic mass is 35.7. The van der Waals surface area contributed by atoms with Crippen molar-refractivity contribution in [2.45, 2.75) is 0 Å². The predicted molar refractivity (Wildman–Crippen MR) is 127 cm³/mol. The fourth-order valence-electron chi connectivity index (χ4n) is 2.79. The van der Waals surface area contributed by atoms with Gasteiger partial charge >= 0.3 is 0 Å². The van der Waals surface area contributed by atoms with Crippen LogP contribution in [0.3, 0.4) is 0 Å². The highest BCUT2D eigenvalue weighted by molar-refractivity contribution is 7.99. The van der Waals surface area contributed by atoms with Crippen molar-refractivity contribution < 1.29 is 4.57 Å². The Morgan fingerprint density at radius 3 is 1.32 bits per heavy atom. The lowest BCUT2D eigenvalue weighted by Crippen LogP contribution is -2.30. The molecule has 146 valence electrons. The molecule has 0 bridgehead atoms. The van der Waals surface area contributed by atoms with Crippen LogP contribution in [-0.2, 0) is 4.57 Å². The van der Waals surface area contributed by atoms with Crippen molar-refractivity contribution in [1.82, 2.24) is 8.88 Å². The number of hydrogen-bond acceptors (Lipinski definition) is 1. The molecule has 0 aromatic heterocycles. The Balaban J connectivity index is 2.04. The molecule has 0 aliphatic heterocycles. The van der Waals surface area contributed by atoms with E-state index in [1.807, 2.05) is 105 Å². The average Bonchev–Trinajstić information content (AvgIpc) is 2.78. The molecular formula is C20H21Cl2N2OP3. The highest BCUT2D eigenvalue weighted by Crippen LogP contribution is 2.69. The fraction of sp³-hybridized carbons (Fsp3) is 0.100. The number of rotatable bonds is 7. The van der Waals surface area contributed by atoms with E-state index in [0.29, 0.717) is 5.30 Å². The number of hydrogen-bond donors (Lipinski definition) is 0. The van der Waals surface area contributed by atoms with Crippen LogP contribution in [0.5, 0.6) is 0 Å². The molecule has 0 amide bonds. The molecule has 2 atom stereocenters. The lowest BCUT2D eigenvalue weighted by molar-refractivity contribution is 0.529. The molecule has 0 aliphatic rings. The van der Waals surface area contributed by atoms with E-state index in [2.05, 4.69) is 0 Å². The first-order valence-corrected chi connectivity index (χ1v) is 14.6. The first kappa shape index (κ1) is 21.9. The molecule has 0 spiro atoms. The van der Waals surface area contributed by atoms with Gasteiger partial charge in [0.05, 0.1) is 0 Å². The van der Waals surface area contributed by atoms with Gasteiger partial charge in [0.2, 0.25) is 0 Å². The summed E-state index contributed by atoms with van der Waals surface area (Å²) in [6, 6.07) is 29.0. The molecule has 3 aromatic rings. The van der Waals surface area contributed by atoms with Crippen LogP contribution in [0, 0.1) is 0 Å². The summed E-state index contributed by atoms with van der Waals surface area (Å²) < 4.78 is 18.2. The Bertz CT molecular complexity index is 876. The van der Waals surface area contributed by atoms with E-state index in [0.717, 1.165) is 10.6 Å². The van der Waals surface area contributed by atoms with E-state index in [-0.39, 0.29) is 0 Å². The summed E-state index contributed by atoms with van der Waals surface area (Å²) in [5.41, 5.74) is 0. The first-order chi connectivity index (χ1) is 13.5. The maximum atomic E-state index is 14.6. The van der Waals surface area contributed by atoms with Gasteiger partial charge in [0, 0.05) is 30.0 Å². The third-order valence-electron chi connectivity index (χ3n) is 4.32. The molecule has 0 heterocycles. The fourth-order valence-corrected chi connectivity index (χ4v) is 12.1. The SMILES string of the molecule is CN(P(Cl)c1ccccc1)P(=O)(c1ccccc1)N(C)P(Cl)c1ccccc1. The molecule has 3 rings (SSSR count). The Morgan fingerprint density at radius 2 is 0.964 bits per heavy atom. The molecular weight excluding hydrogens is 448 g/mol. The molecule has 0 fully saturated rings. The van der Waals surface area contributed by atoms with Crippen LogP contribution in [0.25, 0.3) is 0 Å². The van der Waals surface area contributed by atoms with Gasteiger partial charge < -0.3 is 0 Å². The zero-order valence-electron chi connectivity index (χ0n) is 15.6. The number of halogens is 2. The second-order valence-electron chi connectivity index (χ2n) is 6.05. The van der Waals surface area contributed by atoms with E-state index < -0.39 is 22.3 Å². The van der Waals surface area contributed by atoms with Crippen LogP contribution in [0.2, 0.25) is 0 Å². The monoisotopic (exact) mass is 468 g/mol. The van der Waals surface area contributed by atoms with Crippen LogP contribution in [0.1, 0.15) is 0 Å².